The van der Waals surface area contributed by atoms with E-state index in [1.807, 2.05) is 12.1 Å². The van der Waals surface area contributed by atoms with E-state index in [1.54, 1.807) is 6.07 Å². The second-order valence-corrected chi connectivity index (χ2v) is 5.77. The Morgan fingerprint density at radius 2 is 2.33 bits per heavy atom. The van der Waals surface area contributed by atoms with E-state index in [2.05, 4.69) is 27.8 Å². The molecule has 0 aromatic heterocycles. The van der Waals surface area contributed by atoms with Gasteiger partial charge in [0.1, 0.15) is 0 Å². The predicted octanol–water partition coefficient (Wildman–Crippen LogP) is 3.77. The van der Waals surface area contributed by atoms with Crippen LogP contribution >= 0.6 is 15.9 Å². The number of carboxylic acid groups (broad SMARTS) is 1. The lowest BCUT2D eigenvalue weighted by Gasteiger charge is -2.21. The summed E-state index contributed by atoms with van der Waals surface area (Å²) in [5.74, 6) is -0.148. The first-order chi connectivity index (χ1) is 8.61. The molecule has 0 spiro atoms. The van der Waals surface area contributed by atoms with Crippen molar-refractivity contribution in [3.05, 3.63) is 28.2 Å². The summed E-state index contributed by atoms with van der Waals surface area (Å²) >= 11 is 3.33. The van der Waals surface area contributed by atoms with Crippen molar-refractivity contribution < 1.29 is 9.90 Å². The zero-order valence-corrected chi connectivity index (χ0v) is 12.1. The van der Waals surface area contributed by atoms with Gasteiger partial charge in [0.15, 0.2) is 0 Å². The molecule has 1 aromatic rings. The quantitative estimate of drug-likeness (QED) is 0.920. The Bertz CT molecular complexity index is 447. The number of nitrogens with zero attached hydrogens (tertiary/aromatic N) is 1. The zero-order valence-electron chi connectivity index (χ0n) is 10.5. The lowest BCUT2D eigenvalue weighted by molar-refractivity contribution is 0.0697. The summed E-state index contributed by atoms with van der Waals surface area (Å²) in [7, 11) is 0. The summed E-state index contributed by atoms with van der Waals surface area (Å²) in [6.07, 6.45) is 3.60. The maximum atomic E-state index is 11.3. The molecule has 1 atom stereocenters. The van der Waals surface area contributed by atoms with Gasteiger partial charge in [-0.2, -0.15) is 0 Å². The largest absolute Gasteiger partial charge is 0.478 e. The Balaban J connectivity index is 2.21. The first-order valence-electron chi connectivity index (χ1n) is 6.39. The van der Waals surface area contributed by atoms with E-state index in [0.717, 1.165) is 23.2 Å². The average Bonchev–Trinajstić information content (AvgIpc) is 2.78. The van der Waals surface area contributed by atoms with Crippen LogP contribution < -0.4 is 4.90 Å². The SMILES string of the molecule is CCCC1CCN(c2ccc(Br)cc2C(=O)O)C1. The third-order valence-electron chi connectivity index (χ3n) is 3.51. The molecule has 1 N–H and O–H groups in total. The van der Waals surface area contributed by atoms with Crippen molar-refractivity contribution in [1.29, 1.82) is 0 Å². The molecule has 0 saturated carbocycles. The van der Waals surface area contributed by atoms with E-state index in [9.17, 15) is 9.90 Å². The molecule has 1 fully saturated rings. The molecule has 3 nitrogen and oxygen atoms in total. The monoisotopic (exact) mass is 311 g/mol. The summed E-state index contributed by atoms with van der Waals surface area (Å²) < 4.78 is 0.813. The van der Waals surface area contributed by atoms with E-state index in [1.165, 1.54) is 19.3 Å². The molecule has 1 saturated heterocycles. The molecule has 1 aliphatic heterocycles. The molecule has 18 heavy (non-hydrogen) atoms. The Hall–Kier alpha value is -1.03. The van der Waals surface area contributed by atoms with Gasteiger partial charge in [-0.15, -0.1) is 0 Å². The van der Waals surface area contributed by atoms with Gasteiger partial charge >= 0.3 is 5.97 Å². The number of hydrogen-bond acceptors (Lipinski definition) is 2. The molecule has 1 heterocycles. The topological polar surface area (TPSA) is 40.5 Å². The molecular weight excluding hydrogens is 294 g/mol. The number of halogens is 1. The van der Waals surface area contributed by atoms with Crippen molar-refractivity contribution in [3.63, 3.8) is 0 Å². The van der Waals surface area contributed by atoms with Gasteiger partial charge in [0.25, 0.3) is 0 Å². The van der Waals surface area contributed by atoms with E-state index >= 15 is 0 Å². The van der Waals surface area contributed by atoms with Crippen molar-refractivity contribution in [2.24, 2.45) is 5.92 Å². The van der Waals surface area contributed by atoms with Gasteiger partial charge in [-0.1, -0.05) is 29.3 Å². The molecule has 0 bridgehead atoms. The molecular formula is C14H18BrNO2. The van der Waals surface area contributed by atoms with Gasteiger partial charge in [-0.3, -0.25) is 0 Å². The first-order valence-corrected chi connectivity index (χ1v) is 7.19. The molecule has 4 heteroatoms. The van der Waals surface area contributed by atoms with Gasteiger partial charge in [0.2, 0.25) is 0 Å². The van der Waals surface area contributed by atoms with Crippen LogP contribution in [0.1, 0.15) is 36.5 Å². The third kappa shape index (κ3) is 2.86. The first kappa shape index (κ1) is 13.4. The van der Waals surface area contributed by atoms with Crippen LogP contribution in [0, 0.1) is 5.92 Å². The fraction of sp³-hybridized carbons (Fsp3) is 0.500. The van der Waals surface area contributed by atoms with Gasteiger partial charge in [0, 0.05) is 17.6 Å². The minimum Gasteiger partial charge on any atom is -0.478 e. The summed E-state index contributed by atoms with van der Waals surface area (Å²) in [6.45, 7) is 4.15. The number of anilines is 1. The van der Waals surface area contributed by atoms with Crippen molar-refractivity contribution in [1.82, 2.24) is 0 Å². The highest BCUT2D eigenvalue weighted by molar-refractivity contribution is 9.10. The molecule has 1 aliphatic rings. The second kappa shape index (κ2) is 5.74. The zero-order chi connectivity index (χ0) is 13.1. The van der Waals surface area contributed by atoms with Crippen LogP contribution in [0.4, 0.5) is 5.69 Å². The van der Waals surface area contributed by atoms with Crippen LogP contribution in [-0.4, -0.2) is 24.2 Å². The molecule has 1 unspecified atom stereocenters. The van der Waals surface area contributed by atoms with Gasteiger partial charge < -0.3 is 10.0 Å². The van der Waals surface area contributed by atoms with Crippen molar-refractivity contribution in [3.8, 4) is 0 Å². The Labute approximate surface area is 116 Å². The normalized spacial score (nSPS) is 19.2. The van der Waals surface area contributed by atoms with Gasteiger partial charge in [0.05, 0.1) is 11.3 Å². The molecule has 98 valence electrons. The lowest BCUT2D eigenvalue weighted by atomic mass is 10.0. The maximum Gasteiger partial charge on any atom is 0.337 e. The highest BCUT2D eigenvalue weighted by Gasteiger charge is 2.25. The Morgan fingerprint density at radius 3 is 3.00 bits per heavy atom. The van der Waals surface area contributed by atoms with Crippen LogP contribution in [0.15, 0.2) is 22.7 Å². The predicted molar refractivity (Wildman–Crippen MR) is 76.3 cm³/mol. The number of benzene rings is 1. The van der Waals surface area contributed by atoms with Gasteiger partial charge in [-0.05, 0) is 37.0 Å². The van der Waals surface area contributed by atoms with Crippen molar-refractivity contribution in [2.75, 3.05) is 18.0 Å². The Morgan fingerprint density at radius 1 is 1.56 bits per heavy atom. The van der Waals surface area contributed by atoms with Crippen molar-refractivity contribution >= 4 is 27.6 Å². The maximum absolute atomic E-state index is 11.3. The fourth-order valence-electron chi connectivity index (χ4n) is 2.65. The van der Waals surface area contributed by atoms with E-state index in [-0.39, 0.29) is 0 Å². The van der Waals surface area contributed by atoms with Crippen LogP contribution in [0.5, 0.6) is 0 Å². The second-order valence-electron chi connectivity index (χ2n) is 4.86. The van der Waals surface area contributed by atoms with Crippen molar-refractivity contribution in [2.45, 2.75) is 26.2 Å². The fourth-order valence-corrected chi connectivity index (χ4v) is 3.01. The van der Waals surface area contributed by atoms with Gasteiger partial charge in [-0.25, -0.2) is 4.79 Å². The van der Waals surface area contributed by atoms with Crippen LogP contribution in [0.2, 0.25) is 0 Å². The number of rotatable bonds is 4. The minimum absolute atomic E-state index is 0.390. The molecule has 1 aromatic carbocycles. The number of aromatic carboxylic acids is 1. The number of carboxylic acids is 1. The third-order valence-corrected chi connectivity index (χ3v) is 4.01. The molecule has 2 rings (SSSR count). The average molecular weight is 312 g/mol. The van der Waals surface area contributed by atoms with Crippen LogP contribution in [-0.2, 0) is 0 Å². The van der Waals surface area contributed by atoms with Crippen LogP contribution in [0.25, 0.3) is 0 Å². The summed E-state index contributed by atoms with van der Waals surface area (Å²) in [4.78, 5) is 13.5. The minimum atomic E-state index is -0.856. The highest BCUT2D eigenvalue weighted by Crippen LogP contribution is 2.30. The van der Waals surface area contributed by atoms with E-state index in [4.69, 9.17) is 0 Å². The number of carbonyl (C=O) groups is 1. The summed E-state index contributed by atoms with van der Waals surface area (Å²) in [6, 6.07) is 5.50. The Kier molecular flexibility index (Phi) is 4.27. The smallest absolute Gasteiger partial charge is 0.337 e. The summed E-state index contributed by atoms with van der Waals surface area (Å²) in [5.41, 5.74) is 1.24. The highest BCUT2D eigenvalue weighted by atomic mass is 79.9. The summed E-state index contributed by atoms with van der Waals surface area (Å²) in [5, 5.41) is 9.27. The number of hydrogen-bond donors (Lipinski definition) is 1. The standard InChI is InChI=1S/C14H18BrNO2/c1-2-3-10-6-7-16(9-10)13-5-4-11(15)8-12(13)14(17)18/h4-5,8,10H,2-3,6-7,9H2,1H3,(H,17,18). The lowest BCUT2D eigenvalue weighted by Crippen LogP contribution is -2.22. The molecule has 0 radical (unpaired) electrons. The van der Waals surface area contributed by atoms with Crippen LogP contribution in [0.3, 0.4) is 0 Å². The molecule has 0 aliphatic carbocycles. The molecule has 0 amide bonds. The van der Waals surface area contributed by atoms with E-state index < -0.39 is 5.97 Å². The van der Waals surface area contributed by atoms with E-state index in [0.29, 0.717) is 11.5 Å².